The molecule has 0 bridgehead atoms. The molecule has 0 rings (SSSR count). The largest absolute Gasteiger partial charge is 0.374 e. The van der Waals surface area contributed by atoms with Crippen LogP contribution in [-0.4, -0.2) is 12.7 Å². The summed E-state index contributed by atoms with van der Waals surface area (Å²) in [7, 11) is 0. The van der Waals surface area contributed by atoms with Crippen molar-refractivity contribution in [1.82, 2.24) is 0 Å². The van der Waals surface area contributed by atoms with Crippen LogP contribution < -0.4 is 0 Å². The summed E-state index contributed by atoms with van der Waals surface area (Å²) in [4.78, 5) is 0. The second kappa shape index (κ2) is 5.61. The highest BCUT2D eigenvalue weighted by atomic mass is 16.5. The molecule has 0 saturated carbocycles. The van der Waals surface area contributed by atoms with Gasteiger partial charge in [-0.25, -0.2) is 0 Å². The highest BCUT2D eigenvalue weighted by Crippen LogP contribution is 1.89. The fraction of sp³-hybridized carbons (Fsp3) is 0.625. The Bertz CT molecular complexity index is 110. The average Bonchev–Trinajstić information content (AvgIpc) is 1.85. The lowest BCUT2D eigenvalue weighted by Crippen LogP contribution is -2.02. The Balaban J connectivity index is 3.49. The Morgan fingerprint density at radius 2 is 2.33 bits per heavy atom. The molecule has 0 aromatic rings. The molecule has 0 aromatic heterocycles. The zero-order valence-electron chi connectivity index (χ0n) is 6.35. The summed E-state index contributed by atoms with van der Waals surface area (Å²) in [6.07, 6.45) is 3.98. The summed E-state index contributed by atoms with van der Waals surface area (Å²) >= 11 is 0. The van der Waals surface area contributed by atoms with Crippen LogP contribution in [-0.2, 0) is 4.74 Å². The monoisotopic (exact) mass is 126 g/mol. The van der Waals surface area contributed by atoms with Crippen LogP contribution in [0.5, 0.6) is 0 Å². The van der Waals surface area contributed by atoms with E-state index in [0.717, 1.165) is 6.61 Å². The van der Waals surface area contributed by atoms with E-state index in [1.54, 1.807) is 0 Å². The molecule has 1 nitrogen and oxygen atoms in total. The molecule has 0 aromatic carbocycles. The summed E-state index contributed by atoms with van der Waals surface area (Å²) in [5, 5.41) is 0. The van der Waals surface area contributed by atoms with E-state index < -0.39 is 0 Å². The van der Waals surface area contributed by atoms with E-state index in [1.165, 1.54) is 0 Å². The first kappa shape index (κ1) is 8.48. The summed E-state index contributed by atoms with van der Waals surface area (Å²) in [5.74, 6) is 0. The van der Waals surface area contributed by atoms with Crippen molar-refractivity contribution in [2.75, 3.05) is 6.61 Å². The quantitative estimate of drug-likeness (QED) is 0.526. The summed E-state index contributed by atoms with van der Waals surface area (Å²) < 4.78 is 5.21. The fourth-order valence-corrected chi connectivity index (χ4v) is 0.543. The predicted molar refractivity (Wildman–Crippen MR) is 39.4 cm³/mol. The molecule has 52 valence electrons. The van der Waals surface area contributed by atoms with E-state index in [1.807, 2.05) is 32.9 Å². The van der Waals surface area contributed by atoms with Crippen LogP contribution in [0.15, 0.2) is 17.9 Å². The molecule has 0 aliphatic carbocycles. The van der Waals surface area contributed by atoms with Gasteiger partial charge < -0.3 is 4.74 Å². The van der Waals surface area contributed by atoms with Crippen LogP contribution in [0.2, 0.25) is 0 Å². The maximum absolute atomic E-state index is 5.21. The molecule has 0 heterocycles. The molecule has 0 N–H and O–H groups in total. The third-order valence-corrected chi connectivity index (χ3v) is 0.927. The van der Waals surface area contributed by atoms with Crippen molar-refractivity contribution in [3.63, 3.8) is 0 Å². The molecule has 0 radical (unpaired) electrons. The van der Waals surface area contributed by atoms with Gasteiger partial charge in [0.15, 0.2) is 0 Å². The lowest BCUT2D eigenvalue weighted by molar-refractivity contribution is 0.110. The fourth-order valence-electron chi connectivity index (χ4n) is 0.543. The molecular weight excluding hydrogens is 112 g/mol. The van der Waals surface area contributed by atoms with Gasteiger partial charge in [-0.3, -0.25) is 0 Å². The first-order valence-corrected chi connectivity index (χ1v) is 3.30. The van der Waals surface area contributed by atoms with Crippen LogP contribution in [0.3, 0.4) is 0 Å². The van der Waals surface area contributed by atoms with Crippen LogP contribution in [0, 0.1) is 0 Å². The Hall–Kier alpha value is -0.520. The topological polar surface area (TPSA) is 9.23 Å². The SMILES string of the molecule is CC=C=CC(C)OCC. The van der Waals surface area contributed by atoms with Gasteiger partial charge in [0.25, 0.3) is 0 Å². The van der Waals surface area contributed by atoms with Crippen molar-refractivity contribution in [2.24, 2.45) is 0 Å². The van der Waals surface area contributed by atoms with Gasteiger partial charge in [0.05, 0.1) is 6.10 Å². The van der Waals surface area contributed by atoms with E-state index in [-0.39, 0.29) is 6.10 Å². The highest BCUT2D eigenvalue weighted by Gasteiger charge is 1.89. The van der Waals surface area contributed by atoms with Gasteiger partial charge in [-0.2, -0.15) is 0 Å². The second-order valence-corrected chi connectivity index (χ2v) is 1.78. The molecule has 1 unspecified atom stereocenters. The average molecular weight is 126 g/mol. The van der Waals surface area contributed by atoms with Gasteiger partial charge in [-0.15, -0.1) is 5.73 Å². The van der Waals surface area contributed by atoms with E-state index in [4.69, 9.17) is 4.74 Å². The van der Waals surface area contributed by atoms with Crippen molar-refractivity contribution in [2.45, 2.75) is 26.9 Å². The number of hydrogen-bond acceptors (Lipinski definition) is 1. The normalized spacial score (nSPS) is 11.9. The Kier molecular flexibility index (Phi) is 5.29. The molecule has 0 saturated heterocycles. The Labute approximate surface area is 57.0 Å². The molecule has 0 aliphatic rings. The van der Waals surface area contributed by atoms with Crippen LogP contribution >= 0.6 is 0 Å². The smallest absolute Gasteiger partial charge is 0.0800 e. The summed E-state index contributed by atoms with van der Waals surface area (Å²) in [6, 6.07) is 0. The van der Waals surface area contributed by atoms with Crippen molar-refractivity contribution in [1.29, 1.82) is 0 Å². The standard InChI is InChI=1S/C8H14O/c1-4-6-7-8(3)9-5-2/h4,7-8H,5H2,1-3H3. The van der Waals surface area contributed by atoms with E-state index in [9.17, 15) is 0 Å². The maximum Gasteiger partial charge on any atom is 0.0800 e. The number of ether oxygens (including phenoxy) is 1. The maximum atomic E-state index is 5.21. The van der Waals surface area contributed by atoms with Gasteiger partial charge in [-0.05, 0) is 32.9 Å². The minimum atomic E-state index is 0.200. The van der Waals surface area contributed by atoms with Crippen LogP contribution in [0.1, 0.15) is 20.8 Å². The van der Waals surface area contributed by atoms with E-state index >= 15 is 0 Å². The Morgan fingerprint density at radius 1 is 1.67 bits per heavy atom. The number of hydrogen-bond donors (Lipinski definition) is 0. The van der Waals surface area contributed by atoms with Crippen LogP contribution in [0.4, 0.5) is 0 Å². The van der Waals surface area contributed by atoms with Gasteiger partial charge in [0, 0.05) is 6.61 Å². The zero-order chi connectivity index (χ0) is 7.11. The second-order valence-electron chi connectivity index (χ2n) is 1.78. The third kappa shape index (κ3) is 5.35. The lowest BCUT2D eigenvalue weighted by Gasteiger charge is -2.02. The molecule has 0 spiro atoms. The van der Waals surface area contributed by atoms with Crippen molar-refractivity contribution < 1.29 is 4.74 Å². The minimum Gasteiger partial charge on any atom is -0.374 e. The van der Waals surface area contributed by atoms with E-state index in [2.05, 4.69) is 5.73 Å². The Morgan fingerprint density at radius 3 is 2.78 bits per heavy atom. The first-order chi connectivity index (χ1) is 4.31. The minimum absolute atomic E-state index is 0.200. The summed E-state index contributed by atoms with van der Waals surface area (Å²) in [5.41, 5.74) is 2.96. The first-order valence-electron chi connectivity index (χ1n) is 3.30. The number of rotatable bonds is 3. The molecule has 1 heteroatoms. The molecule has 0 fully saturated rings. The zero-order valence-corrected chi connectivity index (χ0v) is 6.35. The van der Waals surface area contributed by atoms with Gasteiger partial charge in [0.2, 0.25) is 0 Å². The third-order valence-electron chi connectivity index (χ3n) is 0.927. The molecular formula is C8H14O. The van der Waals surface area contributed by atoms with Gasteiger partial charge in [0.1, 0.15) is 0 Å². The van der Waals surface area contributed by atoms with Gasteiger partial charge >= 0.3 is 0 Å². The van der Waals surface area contributed by atoms with E-state index in [0.29, 0.717) is 0 Å². The molecule has 9 heavy (non-hydrogen) atoms. The van der Waals surface area contributed by atoms with Crippen molar-refractivity contribution in [3.8, 4) is 0 Å². The predicted octanol–water partition coefficient (Wildman–Crippen LogP) is 2.14. The highest BCUT2D eigenvalue weighted by molar-refractivity contribution is 4.86. The molecule has 0 aliphatic heterocycles. The summed E-state index contributed by atoms with van der Waals surface area (Å²) in [6.45, 7) is 6.69. The van der Waals surface area contributed by atoms with Crippen molar-refractivity contribution >= 4 is 0 Å². The van der Waals surface area contributed by atoms with Gasteiger partial charge in [-0.1, -0.05) is 0 Å². The molecule has 1 atom stereocenters. The molecule has 0 amide bonds. The lowest BCUT2D eigenvalue weighted by atomic mass is 10.4. The van der Waals surface area contributed by atoms with Crippen molar-refractivity contribution in [3.05, 3.63) is 17.9 Å². The van der Waals surface area contributed by atoms with Crippen LogP contribution in [0.25, 0.3) is 0 Å².